The molecule has 2 amide bonds. The number of nitrogens with zero attached hydrogens (tertiary/aromatic N) is 2. The molecular weight excluding hydrogens is 484 g/mol. The van der Waals surface area contributed by atoms with Crippen molar-refractivity contribution >= 4 is 57.0 Å². The molecule has 0 saturated carbocycles. The Labute approximate surface area is 226 Å². The quantitative estimate of drug-likeness (QED) is 0.270. The number of hydrogen-bond acceptors (Lipinski definition) is 4. The van der Waals surface area contributed by atoms with E-state index in [4.69, 9.17) is 24.4 Å². The number of amides is 2. The first-order valence-electron chi connectivity index (χ1n) is 13.7. The first-order chi connectivity index (χ1) is 17.4. The molecule has 4 rings (SSSR count). The number of rotatable bonds is 12. The standard InChI is InChI=1S/C30H38N2O2S2/c1-5-9-11-19(7-3)17-31-27(33)21-13-14-22-26-24(16-15-23(25(21)26)29(31)35)30(36)32(28(22)34)18-20(8-4)12-10-6-2/h13-16,19-20H,5-12,17-18H2,1-4H3. The number of carbonyl (C=O) groups excluding carboxylic acids is 2. The summed E-state index contributed by atoms with van der Waals surface area (Å²) in [6.07, 6.45) is 8.81. The third-order valence-electron chi connectivity index (χ3n) is 8.03. The van der Waals surface area contributed by atoms with Gasteiger partial charge in [0.15, 0.2) is 0 Å². The molecule has 2 aliphatic rings. The van der Waals surface area contributed by atoms with Crippen molar-refractivity contribution in [1.82, 2.24) is 9.80 Å². The summed E-state index contributed by atoms with van der Waals surface area (Å²) in [6, 6.07) is 7.67. The minimum atomic E-state index is -0.0578. The molecule has 4 nitrogen and oxygen atoms in total. The van der Waals surface area contributed by atoms with Crippen LogP contribution in [0.15, 0.2) is 24.3 Å². The van der Waals surface area contributed by atoms with Crippen molar-refractivity contribution in [3.05, 3.63) is 46.5 Å². The molecule has 192 valence electrons. The van der Waals surface area contributed by atoms with E-state index in [1.54, 1.807) is 9.80 Å². The van der Waals surface area contributed by atoms with Crippen LogP contribution in [0.4, 0.5) is 0 Å². The third-order valence-corrected chi connectivity index (χ3v) is 8.91. The van der Waals surface area contributed by atoms with Gasteiger partial charge in [-0.25, -0.2) is 0 Å². The monoisotopic (exact) mass is 522 g/mol. The smallest absolute Gasteiger partial charge is 0.259 e. The van der Waals surface area contributed by atoms with E-state index in [0.29, 0.717) is 46.0 Å². The van der Waals surface area contributed by atoms with Gasteiger partial charge in [0.25, 0.3) is 11.8 Å². The molecule has 2 aliphatic heterocycles. The lowest BCUT2D eigenvalue weighted by atomic mass is 9.85. The first-order valence-corrected chi connectivity index (χ1v) is 14.5. The van der Waals surface area contributed by atoms with Crippen LogP contribution in [-0.4, -0.2) is 44.7 Å². The Hall–Kier alpha value is -2.18. The maximum Gasteiger partial charge on any atom is 0.259 e. The predicted molar refractivity (Wildman–Crippen MR) is 156 cm³/mol. The number of hydrogen-bond donors (Lipinski definition) is 0. The number of carbonyl (C=O) groups is 2. The Bertz CT molecular complexity index is 1040. The van der Waals surface area contributed by atoms with E-state index in [0.717, 1.165) is 73.3 Å². The average Bonchev–Trinajstić information content (AvgIpc) is 2.89. The van der Waals surface area contributed by atoms with Crippen LogP contribution in [0.2, 0.25) is 0 Å². The second-order valence-electron chi connectivity index (χ2n) is 10.3. The molecule has 2 aromatic carbocycles. The van der Waals surface area contributed by atoms with Crippen molar-refractivity contribution in [2.24, 2.45) is 11.8 Å². The second-order valence-corrected chi connectivity index (χ2v) is 11.1. The van der Waals surface area contributed by atoms with Gasteiger partial charge in [-0.2, -0.15) is 0 Å². The van der Waals surface area contributed by atoms with Crippen LogP contribution in [0.5, 0.6) is 0 Å². The van der Waals surface area contributed by atoms with Gasteiger partial charge in [-0.05, 0) is 36.8 Å². The summed E-state index contributed by atoms with van der Waals surface area (Å²) in [7, 11) is 0. The zero-order valence-corrected chi connectivity index (χ0v) is 23.7. The largest absolute Gasteiger partial charge is 0.298 e. The minimum absolute atomic E-state index is 0.0578. The van der Waals surface area contributed by atoms with Crippen LogP contribution in [-0.2, 0) is 0 Å². The van der Waals surface area contributed by atoms with Crippen LogP contribution >= 0.6 is 24.4 Å². The highest BCUT2D eigenvalue weighted by Crippen LogP contribution is 2.39. The predicted octanol–water partition coefficient (Wildman–Crippen LogP) is 7.54. The highest BCUT2D eigenvalue weighted by atomic mass is 32.1. The summed E-state index contributed by atoms with van der Waals surface area (Å²) in [6.45, 7) is 10.0. The van der Waals surface area contributed by atoms with Gasteiger partial charge in [0, 0.05) is 46.1 Å². The summed E-state index contributed by atoms with van der Waals surface area (Å²) in [5, 5.41) is 1.59. The number of thiocarbonyl (C=S) groups is 2. The highest BCUT2D eigenvalue weighted by molar-refractivity contribution is 7.81. The van der Waals surface area contributed by atoms with Crippen LogP contribution < -0.4 is 0 Å². The Kier molecular flexibility index (Phi) is 8.56. The van der Waals surface area contributed by atoms with Gasteiger partial charge in [-0.15, -0.1) is 0 Å². The van der Waals surface area contributed by atoms with Gasteiger partial charge in [0.05, 0.1) is 0 Å². The van der Waals surface area contributed by atoms with Crippen molar-refractivity contribution < 1.29 is 9.59 Å². The average molecular weight is 523 g/mol. The zero-order valence-electron chi connectivity index (χ0n) is 22.1. The Morgan fingerprint density at radius 1 is 0.639 bits per heavy atom. The van der Waals surface area contributed by atoms with E-state index < -0.39 is 0 Å². The second kappa shape index (κ2) is 11.5. The maximum absolute atomic E-state index is 13.7. The van der Waals surface area contributed by atoms with E-state index in [9.17, 15) is 9.59 Å². The highest BCUT2D eigenvalue weighted by Gasteiger charge is 2.37. The summed E-state index contributed by atoms with van der Waals surface area (Å²) >= 11 is 11.8. The Morgan fingerprint density at radius 3 is 1.33 bits per heavy atom. The van der Waals surface area contributed by atoms with Crippen molar-refractivity contribution in [1.29, 1.82) is 0 Å². The summed E-state index contributed by atoms with van der Waals surface area (Å²) in [5.41, 5.74) is 2.99. The summed E-state index contributed by atoms with van der Waals surface area (Å²) < 4.78 is 0. The molecule has 6 heteroatoms. The lowest BCUT2D eigenvalue weighted by molar-refractivity contribution is 0.0817. The topological polar surface area (TPSA) is 40.6 Å². The molecule has 36 heavy (non-hydrogen) atoms. The minimum Gasteiger partial charge on any atom is -0.298 e. The molecule has 0 spiro atoms. The van der Waals surface area contributed by atoms with Crippen molar-refractivity contribution in [2.45, 2.75) is 79.1 Å². The fraction of sp³-hybridized carbons (Fsp3) is 0.533. The molecule has 2 atom stereocenters. The van der Waals surface area contributed by atoms with E-state index in [2.05, 4.69) is 27.7 Å². The van der Waals surface area contributed by atoms with Gasteiger partial charge in [-0.1, -0.05) is 103 Å². The lowest BCUT2D eigenvalue weighted by Crippen LogP contribution is -2.45. The molecule has 2 heterocycles. The Balaban J connectivity index is 1.72. The normalized spacial score (nSPS) is 16.8. The summed E-state index contributed by atoms with van der Waals surface area (Å²) in [5.74, 6) is 0.724. The van der Waals surface area contributed by atoms with Gasteiger partial charge in [0.2, 0.25) is 0 Å². The Morgan fingerprint density at radius 2 is 1.00 bits per heavy atom. The molecule has 0 bridgehead atoms. The van der Waals surface area contributed by atoms with Gasteiger partial charge < -0.3 is 0 Å². The van der Waals surface area contributed by atoms with Crippen LogP contribution in [0.25, 0.3) is 10.8 Å². The molecule has 2 aromatic rings. The summed E-state index contributed by atoms with van der Waals surface area (Å²) in [4.78, 5) is 32.1. The SMILES string of the molecule is CCCCC(CC)CN1C(=O)c2ccc3c4c(ccc(c24)C1=S)C(=S)N(CC(CC)CCCC)C3=O. The van der Waals surface area contributed by atoms with Gasteiger partial charge in [0.1, 0.15) is 9.98 Å². The first kappa shape index (κ1) is 26.9. The molecule has 0 saturated heterocycles. The van der Waals surface area contributed by atoms with Crippen molar-refractivity contribution in [2.75, 3.05) is 13.1 Å². The fourth-order valence-corrected chi connectivity index (χ4v) is 6.31. The van der Waals surface area contributed by atoms with E-state index in [1.807, 2.05) is 24.3 Å². The van der Waals surface area contributed by atoms with E-state index in [-0.39, 0.29) is 11.8 Å². The van der Waals surface area contributed by atoms with Crippen LogP contribution in [0.3, 0.4) is 0 Å². The fourth-order valence-electron chi connectivity index (χ4n) is 5.66. The molecular formula is C30H38N2O2S2. The lowest BCUT2D eigenvalue weighted by Gasteiger charge is -2.36. The molecule has 0 aliphatic carbocycles. The molecule has 2 unspecified atom stereocenters. The van der Waals surface area contributed by atoms with Crippen LogP contribution in [0, 0.1) is 11.8 Å². The molecule has 0 N–H and O–H groups in total. The number of unbranched alkanes of at least 4 members (excludes halogenated alkanes) is 2. The molecule has 0 aromatic heterocycles. The van der Waals surface area contributed by atoms with E-state index >= 15 is 0 Å². The van der Waals surface area contributed by atoms with Gasteiger partial charge >= 0.3 is 0 Å². The van der Waals surface area contributed by atoms with Gasteiger partial charge in [-0.3, -0.25) is 19.4 Å². The third kappa shape index (κ3) is 4.74. The van der Waals surface area contributed by atoms with E-state index in [1.165, 1.54) is 0 Å². The number of benzene rings is 2. The van der Waals surface area contributed by atoms with Crippen molar-refractivity contribution in [3.8, 4) is 0 Å². The maximum atomic E-state index is 13.7. The van der Waals surface area contributed by atoms with Crippen molar-refractivity contribution in [3.63, 3.8) is 0 Å². The van der Waals surface area contributed by atoms with Crippen LogP contribution in [0.1, 0.15) is 111 Å². The molecule has 0 fully saturated rings. The molecule has 0 radical (unpaired) electrons. The zero-order chi connectivity index (χ0) is 26.0.